The molecule has 0 aliphatic rings. The van der Waals surface area contributed by atoms with E-state index in [1.807, 2.05) is 13.0 Å². The number of para-hydroxylation sites is 1. The van der Waals surface area contributed by atoms with Crippen LogP contribution in [-0.2, 0) is 4.74 Å². The molecule has 0 radical (unpaired) electrons. The van der Waals surface area contributed by atoms with E-state index in [2.05, 4.69) is 4.98 Å². The zero-order valence-electron chi connectivity index (χ0n) is 15.1. The molecule has 0 amide bonds. The normalized spacial score (nSPS) is 11.0. The molecule has 0 atom stereocenters. The number of esters is 1. The highest BCUT2D eigenvalue weighted by molar-refractivity contribution is 6.32. The molecule has 0 fully saturated rings. The molecule has 134 valence electrons. The van der Waals surface area contributed by atoms with Gasteiger partial charge in [-0.1, -0.05) is 23.7 Å². The maximum absolute atomic E-state index is 13.3. The molecule has 0 saturated carbocycles. The lowest BCUT2D eigenvalue weighted by Gasteiger charge is -2.16. The lowest BCUT2D eigenvalue weighted by molar-refractivity contribution is 0.0525. The van der Waals surface area contributed by atoms with Gasteiger partial charge >= 0.3 is 5.97 Å². The summed E-state index contributed by atoms with van der Waals surface area (Å²) >= 11 is 6.28. The van der Waals surface area contributed by atoms with Crippen molar-refractivity contribution < 1.29 is 9.53 Å². The Morgan fingerprint density at radius 3 is 2.58 bits per heavy atom. The molecule has 2 aromatic carbocycles. The maximum Gasteiger partial charge on any atom is 0.338 e. The fourth-order valence-corrected chi connectivity index (χ4v) is 3.46. The van der Waals surface area contributed by atoms with Crippen molar-refractivity contribution in [1.29, 1.82) is 0 Å². The second kappa shape index (κ2) is 6.92. The van der Waals surface area contributed by atoms with Gasteiger partial charge in [-0.2, -0.15) is 0 Å². The van der Waals surface area contributed by atoms with E-state index < -0.39 is 5.97 Å². The van der Waals surface area contributed by atoms with Crippen molar-refractivity contribution in [2.45, 2.75) is 27.7 Å². The van der Waals surface area contributed by atoms with Gasteiger partial charge in [0.25, 0.3) is 5.56 Å². The predicted molar refractivity (Wildman–Crippen MR) is 103 cm³/mol. The number of carbonyl (C=O) groups is 1. The summed E-state index contributed by atoms with van der Waals surface area (Å²) < 4.78 is 6.62. The van der Waals surface area contributed by atoms with E-state index in [9.17, 15) is 9.59 Å². The van der Waals surface area contributed by atoms with E-state index in [0.717, 1.165) is 5.56 Å². The molecule has 1 heterocycles. The minimum Gasteiger partial charge on any atom is -0.462 e. The standard InChI is InChI=1S/C20H19ClN2O3/c1-5-26-20(25)17-11(2)10-15-18(12(17)3)19(24)23(13(4)22-15)16-9-7-6-8-14(16)21/h6-10H,5H2,1-4H3. The molecule has 26 heavy (non-hydrogen) atoms. The Bertz CT molecular complexity index is 1090. The van der Waals surface area contributed by atoms with Crippen molar-refractivity contribution in [1.82, 2.24) is 9.55 Å². The smallest absolute Gasteiger partial charge is 0.338 e. The minimum absolute atomic E-state index is 0.261. The van der Waals surface area contributed by atoms with Crippen molar-refractivity contribution in [2.24, 2.45) is 0 Å². The van der Waals surface area contributed by atoms with Crippen molar-refractivity contribution >= 4 is 28.5 Å². The van der Waals surface area contributed by atoms with E-state index in [0.29, 0.717) is 38.6 Å². The number of carbonyl (C=O) groups excluding carboxylic acids is 1. The van der Waals surface area contributed by atoms with Crippen molar-refractivity contribution in [3.8, 4) is 5.69 Å². The first kappa shape index (κ1) is 18.1. The maximum atomic E-state index is 13.3. The van der Waals surface area contributed by atoms with Crippen molar-refractivity contribution in [2.75, 3.05) is 6.61 Å². The minimum atomic E-state index is -0.436. The summed E-state index contributed by atoms with van der Waals surface area (Å²) in [6.07, 6.45) is 0. The monoisotopic (exact) mass is 370 g/mol. The summed E-state index contributed by atoms with van der Waals surface area (Å²) in [6.45, 7) is 7.34. The summed E-state index contributed by atoms with van der Waals surface area (Å²) in [7, 11) is 0. The van der Waals surface area contributed by atoms with Crippen LogP contribution in [0.1, 0.15) is 34.2 Å². The van der Waals surface area contributed by atoms with Gasteiger partial charge in [0.1, 0.15) is 5.82 Å². The third-order valence-corrected chi connectivity index (χ3v) is 4.67. The van der Waals surface area contributed by atoms with Gasteiger partial charge in [0.15, 0.2) is 0 Å². The predicted octanol–water partition coefficient (Wildman–Crippen LogP) is 4.14. The van der Waals surface area contributed by atoms with Crippen LogP contribution in [0.3, 0.4) is 0 Å². The fourth-order valence-electron chi connectivity index (χ4n) is 3.24. The fraction of sp³-hybridized carbons (Fsp3) is 0.250. The molecule has 3 aromatic rings. The highest BCUT2D eigenvalue weighted by atomic mass is 35.5. The molecule has 0 saturated heterocycles. The van der Waals surface area contributed by atoms with Crippen LogP contribution in [0.4, 0.5) is 0 Å². The van der Waals surface area contributed by atoms with Crippen LogP contribution < -0.4 is 5.56 Å². The van der Waals surface area contributed by atoms with E-state index >= 15 is 0 Å². The van der Waals surface area contributed by atoms with Gasteiger partial charge in [0.05, 0.1) is 33.8 Å². The Kier molecular flexibility index (Phi) is 4.83. The topological polar surface area (TPSA) is 61.2 Å². The number of hydrogen-bond acceptors (Lipinski definition) is 4. The number of aromatic nitrogens is 2. The molecule has 0 N–H and O–H groups in total. The quantitative estimate of drug-likeness (QED) is 0.650. The second-order valence-corrected chi connectivity index (χ2v) is 6.47. The van der Waals surface area contributed by atoms with Gasteiger partial charge in [0, 0.05) is 0 Å². The Balaban J connectivity index is 2.40. The molecule has 3 rings (SSSR count). The molecule has 0 unspecified atom stereocenters. The van der Waals surface area contributed by atoms with Crippen LogP contribution in [-0.4, -0.2) is 22.1 Å². The summed E-state index contributed by atoms with van der Waals surface area (Å²) in [5.41, 5.74) is 2.56. The number of rotatable bonds is 3. The van der Waals surface area contributed by atoms with Crippen LogP contribution in [0.2, 0.25) is 5.02 Å². The number of benzene rings is 2. The van der Waals surface area contributed by atoms with Crippen LogP contribution in [0.25, 0.3) is 16.6 Å². The third-order valence-electron chi connectivity index (χ3n) is 4.35. The number of ether oxygens (including phenoxy) is 1. The molecule has 0 aliphatic heterocycles. The van der Waals surface area contributed by atoms with Crippen molar-refractivity contribution in [3.63, 3.8) is 0 Å². The van der Waals surface area contributed by atoms with Gasteiger partial charge in [-0.15, -0.1) is 0 Å². The second-order valence-electron chi connectivity index (χ2n) is 6.06. The lowest BCUT2D eigenvalue weighted by atomic mass is 9.98. The first-order valence-electron chi connectivity index (χ1n) is 8.32. The molecular weight excluding hydrogens is 352 g/mol. The summed E-state index contributed by atoms with van der Waals surface area (Å²) in [5.74, 6) is 0.0898. The average molecular weight is 371 g/mol. The number of aryl methyl sites for hydroxylation is 3. The molecule has 0 spiro atoms. The highest BCUT2D eigenvalue weighted by Crippen LogP contribution is 2.25. The number of halogens is 1. The Morgan fingerprint density at radius 2 is 1.92 bits per heavy atom. The van der Waals surface area contributed by atoms with Crippen molar-refractivity contribution in [3.05, 3.63) is 68.2 Å². The van der Waals surface area contributed by atoms with Gasteiger partial charge in [0.2, 0.25) is 0 Å². The number of nitrogens with zero attached hydrogens (tertiary/aromatic N) is 2. The van der Waals surface area contributed by atoms with Gasteiger partial charge < -0.3 is 4.74 Å². The van der Waals surface area contributed by atoms with E-state index in [-0.39, 0.29) is 12.2 Å². The first-order chi connectivity index (χ1) is 12.4. The van der Waals surface area contributed by atoms with Crippen LogP contribution in [0.15, 0.2) is 35.1 Å². The van der Waals surface area contributed by atoms with Crippen LogP contribution in [0, 0.1) is 20.8 Å². The van der Waals surface area contributed by atoms with E-state index in [1.54, 1.807) is 45.0 Å². The van der Waals surface area contributed by atoms with E-state index in [1.165, 1.54) is 4.57 Å². The molecular formula is C20H19ClN2O3. The van der Waals surface area contributed by atoms with Crippen LogP contribution in [0.5, 0.6) is 0 Å². The van der Waals surface area contributed by atoms with E-state index in [4.69, 9.17) is 16.3 Å². The summed E-state index contributed by atoms with van der Waals surface area (Å²) in [6, 6.07) is 8.84. The van der Waals surface area contributed by atoms with Crippen LogP contribution >= 0.6 is 11.6 Å². The van der Waals surface area contributed by atoms with Gasteiger partial charge in [-0.3, -0.25) is 9.36 Å². The highest BCUT2D eigenvalue weighted by Gasteiger charge is 2.21. The molecule has 1 aromatic heterocycles. The first-order valence-corrected chi connectivity index (χ1v) is 8.70. The molecule has 5 nitrogen and oxygen atoms in total. The Hall–Kier alpha value is -2.66. The average Bonchev–Trinajstić information content (AvgIpc) is 2.56. The molecule has 0 aliphatic carbocycles. The van der Waals surface area contributed by atoms with Gasteiger partial charge in [-0.25, -0.2) is 9.78 Å². The zero-order chi connectivity index (χ0) is 19.0. The van der Waals surface area contributed by atoms with Gasteiger partial charge in [-0.05, 0) is 57.0 Å². The third kappa shape index (κ3) is 2.88. The molecule has 0 bridgehead atoms. The Labute approximate surface area is 156 Å². The largest absolute Gasteiger partial charge is 0.462 e. The lowest BCUT2D eigenvalue weighted by Crippen LogP contribution is -2.24. The number of fused-ring (bicyclic) bond motifs is 1. The SMILES string of the molecule is CCOC(=O)c1c(C)cc2nc(C)n(-c3ccccc3Cl)c(=O)c2c1C. The zero-order valence-corrected chi connectivity index (χ0v) is 15.8. The number of hydrogen-bond donors (Lipinski definition) is 0. The summed E-state index contributed by atoms with van der Waals surface area (Å²) in [4.78, 5) is 30.2. The molecule has 6 heteroatoms. The summed E-state index contributed by atoms with van der Waals surface area (Å²) in [5, 5.41) is 0.846. The Morgan fingerprint density at radius 1 is 1.23 bits per heavy atom.